The molecular weight excluding hydrogens is 369 g/mol. The Hall–Kier alpha value is -2.82. The van der Waals surface area contributed by atoms with Crippen molar-refractivity contribution in [3.63, 3.8) is 0 Å². The van der Waals surface area contributed by atoms with Crippen LogP contribution in [-0.4, -0.2) is 36.6 Å². The van der Waals surface area contributed by atoms with Gasteiger partial charge in [0.1, 0.15) is 17.3 Å². The van der Waals surface area contributed by atoms with E-state index in [2.05, 4.69) is 6.58 Å². The van der Waals surface area contributed by atoms with Gasteiger partial charge in [-0.2, -0.15) is 0 Å². The summed E-state index contributed by atoms with van der Waals surface area (Å²) < 4.78 is 20.7. The number of aromatic hydroxyl groups is 1. The Balaban J connectivity index is 2.42. The van der Waals surface area contributed by atoms with E-state index < -0.39 is 0 Å². The lowest BCUT2D eigenvalue weighted by Crippen LogP contribution is -2.27. The highest BCUT2D eigenvalue weighted by Gasteiger charge is 2.19. The van der Waals surface area contributed by atoms with Crippen molar-refractivity contribution >= 4 is 11.5 Å². The largest absolute Gasteiger partial charge is 0.508 e. The zero-order valence-corrected chi connectivity index (χ0v) is 18.1. The number of rotatable bonds is 7. The highest BCUT2D eigenvalue weighted by Crippen LogP contribution is 2.34. The first kappa shape index (κ1) is 22.5. The molecule has 5 heteroatoms. The van der Waals surface area contributed by atoms with Gasteiger partial charge in [0.2, 0.25) is 0 Å². The van der Waals surface area contributed by atoms with Gasteiger partial charge >= 0.3 is 0 Å². The van der Waals surface area contributed by atoms with Gasteiger partial charge in [0, 0.05) is 26.1 Å². The van der Waals surface area contributed by atoms with E-state index >= 15 is 4.39 Å². The van der Waals surface area contributed by atoms with Gasteiger partial charge in [-0.15, -0.1) is 0 Å². The van der Waals surface area contributed by atoms with Crippen LogP contribution in [0.5, 0.6) is 11.5 Å². The summed E-state index contributed by atoms with van der Waals surface area (Å²) in [6.45, 7) is 11.5. The van der Waals surface area contributed by atoms with Crippen LogP contribution in [0.25, 0.3) is 5.57 Å². The van der Waals surface area contributed by atoms with Crippen molar-refractivity contribution < 1.29 is 19.0 Å². The molecular formula is C24H30FNO3. The molecule has 1 amide bonds. The number of hydrogen-bond acceptors (Lipinski definition) is 3. The number of phenols is 1. The van der Waals surface area contributed by atoms with Crippen LogP contribution in [0.1, 0.15) is 54.5 Å². The minimum Gasteiger partial charge on any atom is -0.508 e. The molecule has 0 aliphatic heterocycles. The maximum atomic E-state index is 15.0. The molecule has 0 aromatic heterocycles. The van der Waals surface area contributed by atoms with Crippen molar-refractivity contribution in [1.82, 2.24) is 4.90 Å². The lowest BCUT2D eigenvalue weighted by Gasteiger charge is -2.18. The number of halogens is 1. The van der Waals surface area contributed by atoms with Crippen molar-refractivity contribution in [2.75, 3.05) is 20.7 Å². The summed E-state index contributed by atoms with van der Waals surface area (Å²) in [5.41, 5.74) is 4.43. The molecule has 29 heavy (non-hydrogen) atoms. The summed E-state index contributed by atoms with van der Waals surface area (Å²) in [6, 6.07) is 6.87. The monoisotopic (exact) mass is 399 g/mol. The molecule has 0 aliphatic carbocycles. The lowest BCUT2D eigenvalue weighted by molar-refractivity contribution is -0.130. The van der Waals surface area contributed by atoms with Gasteiger partial charge in [-0.25, -0.2) is 4.39 Å². The molecule has 0 unspecified atom stereocenters. The van der Waals surface area contributed by atoms with Crippen LogP contribution >= 0.6 is 0 Å². The van der Waals surface area contributed by atoms with Crippen LogP contribution in [0, 0.1) is 12.7 Å². The summed E-state index contributed by atoms with van der Waals surface area (Å²) >= 11 is 0. The summed E-state index contributed by atoms with van der Waals surface area (Å²) in [4.78, 5) is 13.3. The summed E-state index contributed by atoms with van der Waals surface area (Å²) in [6.07, 6.45) is 0.372. The molecule has 2 aromatic rings. The van der Waals surface area contributed by atoms with E-state index in [1.807, 2.05) is 39.8 Å². The highest BCUT2D eigenvalue weighted by atomic mass is 19.1. The first-order chi connectivity index (χ1) is 13.5. The van der Waals surface area contributed by atoms with E-state index in [-0.39, 0.29) is 30.0 Å². The summed E-state index contributed by atoms with van der Waals surface area (Å²) in [5, 5.41) is 10.0. The van der Waals surface area contributed by atoms with E-state index in [1.165, 1.54) is 4.90 Å². The molecule has 0 atom stereocenters. The minimum atomic E-state index is -0.371. The van der Waals surface area contributed by atoms with Crippen LogP contribution in [0.2, 0.25) is 0 Å². The molecule has 2 rings (SSSR count). The minimum absolute atomic E-state index is 0.0209. The predicted molar refractivity (Wildman–Crippen MR) is 115 cm³/mol. The smallest absolute Gasteiger partial charge is 0.259 e. The average molecular weight is 400 g/mol. The Morgan fingerprint density at radius 1 is 1.28 bits per heavy atom. The number of carbonyl (C=O) groups is 1. The summed E-state index contributed by atoms with van der Waals surface area (Å²) in [5.74, 6) is -0.0671. The standard InChI is InChI=1S/C24H30FNO3/c1-14(2)19-12-18(29-13-22(28)26(6)7)10-16(5)20(19)11-17-8-9-21(27)23(15(3)4)24(17)25/h8-10,12,15,27H,1,11,13H2,2-7H3. The van der Waals surface area contributed by atoms with E-state index in [4.69, 9.17) is 4.74 Å². The average Bonchev–Trinajstić information content (AvgIpc) is 2.62. The molecule has 0 fully saturated rings. The molecule has 0 bridgehead atoms. The van der Waals surface area contributed by atoms with Crippen molar-refractivity contribution in [3.8, 4) is 11.5 Å². The van der Waals surface area contributed by atoms with Crippen LogP contribution in [0.4, 0.5) is 4.39 Å². The van der Waals surface area contributed by atoms with Crippen LogP contribution in [-0.2, 0) is 11.2 Å². The normalized spacial score (nSPS) is 10.9. The maximum absolute atomic E-state index is 15.0. The first-order valence-electron chi connectivity index (χ1n) is 9.65. The fourth-order valence-corrected chi connectivity index (χ4v) is 3.26. The number of allylic oxidation sites excluding steroid dienone is 1. The van der Waals surface area contributed by atoms with Crippen LogP contribution in [0.3, 0.4) is 0 Å². The molecule has 4 nitrogen and oxygen atoms in total. The van der Waals surface area contributed by atoms with E-state index in [1.54, 1.807) is 26.2 Å². The molecule has 0 saturated heterocycles. The fraction of sp³-hybridized carbons (Fsp3) is 0.375. The van der Waals surface area contributed by atoms with E-state index in [0.29, 0.717) is 23.3 Å². The van der Waals surface area contributed by atoms with Gasteiger partial charge in [-0.05, 0) is 60.2 Å². The molecule has 0 radical (unpaired) electrons. The van der Waals surface area contributed by atoms with Crippen molar-refractivity contribution in [1.29, 1.82) is 0 Å². The van der Waals surface area contributed by atoms with Gasteiger partial charge < -0.3 is 14.7 Å². The molecule has 1 N–H and O–H groups in total. The van der Waals surface area contributed by atoms with E-state index in [9.17, 15) is 9.90 Å². The second-order valence-corrected chi connectivity index (χ2v) is 7.93. The first-order valence-corrected chi connectivity index (χ1v) is 9.65. The Morgan fingerprint density at radius 3 is 2.48 bits per heavy atom. The third kappa shape index (κ3) is 5.17. The third-order valence-corrected chi connectivity index (χ3v) is 4.95. The number of aryl methyl sites for hydroxylation is 1. The molecule has 0 spiro atoms. The fourth-order valence-electron chi connectivity index (χ4n) is 3.26. The van der Waals surface area contributed by atoms with E-state index in [0.717, 1.165) is 22.3 Å². The number of phenolic OH excluding ortho intramolecular Hbond substituents is 1. The van der Waals surface area contributed by atoms with Gasteiger partial charge in [-0.3, -0.25) is 4.79 Å². The van der Waals surface area contributed by atoms with Crippen molar-refractivity contribution in [2.24, 2.45) is 0 Å². The third-order valence-electron chi connectivity index (χ3n) is 4.95. The van der Waals surface area contributed by atoms with Crippen LogP contribution < -0.4 is 4.74 Å². The summed E-state index contributed by atoms with van der Waals surface area (Å²) in [7, 11) is 3.36. The number of hydrogen-bond donors (Lipinski definition) is 1. The quantitative estimate of drug-likeness (QED) is 0.708. The van der Waals surface area contributed by atoms with Crippen molar-refractivity contribution in [2.45, 2.75) is 40.0 Å². The molecule has 156 valence electrons. The zero-order chi connectivity index (χ0) is 21.9. The number of benzene rings is 2. The van der Waals surface area contributed by atoms with Crippen LogP contribution in [0.15, 0.2) is 30.8 Å². The molecule has 2 aromatic carbocycles. The molecule has 0 saturated carbocycles. The SMILES string of the molecule is C=C(C)c1cc(OCC(=O)N(C)C)cc(C)c1Cc1ccc(O)c(C(C)C)c1F. The topological polar surface area (TPSA) is 49.8 Å². The number of amides is 1. The van der Waals surface area contributed by atoms with Crippen molar-refractivity contribution in [3.05, 3.63) is 64.5 Å². The van der Waals surface area contributed by atoms with Gasteiger partial charge in [-0.1, -0.05) is 32.1 Å². The number of nitrogens with zero attached hydrogens (tertiary/aromatic N) is 1. The Bertz CT molecular complexity index is 932. The number of ether oxygens (including phenoxy) is 1. The highest BCUT2D eigenvalue weighted by molar-refractivity contribution is 5.77. The Kier molecular flexibility index (Phi) is 7.07. The number of likely N-dealkylation sites (N-methyl/N-ethyl adjacent to an activating group) is 1. The Morgan fingerprint density at radius 2 is 1.93 bits per heavy atom. The second kappa shape index (κ2) is 9.12. The predicted octanol–water partition coefficient (Wildman–Crippen LogP) is 5.05. The van der Waals surface area contributed by atoms with Gasteiger partial charge in [0.05, 0.1) is 0 Å². The lowest BCUT2D eigenvalue weighted by atomic mass is 9.90. The van der Waals surface area contributed by atoms with Gasteiger partial charge in [0.15, 0.2) is 6.61 Å². The second-order valence-electron chi connectivity index (χ2n) is 7.93. The molecule has 0 heterocycles. The maximum Gasteiger partial charge on any atom is 0.259 e. The Labute approximate surface area is 172 Å². The molecule has 0 aliphatic rings. The number of carbonyl (C=O) groups excluding carboxylic acids is 1. The van der Waals surface area contributed by atoms with Gasteiger partial charge in [0.25, 0.3) is 5.91 Å². The zero-order valence-electron chi connectivity index (χ0n) is 18.1.